The lowest BCUT2D eigenvalue weighted by molar-refractivity contribution is -0.141. The van der Waals surface area contributed by atoms with E-state index in [0.29, 0.717) is 62.7 Å². The highest BCUT2D eigenvalue weighted by atomic mass is 19.4. The molecule has 0 radical (unpaired) electrons. The summed E-state index contributed by atoms with van der Waals surface area (Å²) in [6.45, 7) is 7.35. The molecule has 1 aromatic rings. The van der Waals surface area contributed by atoms with Crippen molar-refractivity contribution < 1.29 is 41.7 Å². The second-order valence-corrected chi connectivity index (χ2v) is 10.1. The van der Waals surface area contributed by atoms with Gasteiger partial charge in [0.15, 0.2) is 0 Å². The van der Waals surface area contributed by atoms with Gasteiger partial charge in [-0.1, -0.05) is 18.7 Å². The summed E-state index contributed by atoms with van der Waals surface area (Å²) in [4.78, 5) is 27.0. The fraction of sp³-hybridized carbons (Fsp3) is 0.517. The number of halogens is 3. The second kappa shape index (κ2) is 12.4. The molecule has 0 saturated carbocycles. The lowest BCUT2D eigenvalue weighted by Crippen LogP contribution is -2.49. The van der Waals surface area contributed by atoms with E-state index < -0.39 is 23.9 Å². The predicted molar refractivity (Wildman–Crippen MR) is 141 cm³/mol. The Hall–Kier alpha value is -3.47. The molecule has 0 N–H and O–H groups in total. The van der Waals surface area contributed by atoms with E-state index in [0.717, 1.165) is 17.2 Å². The minimum atomic E-state index is -4.56. The number of benzene rings is 1. The van der Waals surface area contributed by atoms with Crippen molar-refractivity contribution in [1.82, 2.24) is 9.80 Å². The molecular formula is C29H35F3N2O6. The number of hydrogen-bond donors (Lipinski definition) is 0. The average Bonchev–Trinajstić information content (AvgIpc) is 3.50. The van der Waals surface area contributed by atoms with Crippen LogP contribution in [0.2, 0.25) is 0 Å². The van der Waals surface area contributed by atoms with Crippen LogP contribution in [0.15, 0.2) is 53.1 Å². The van der Waals surface area contributed by atoms with Crippen molar-refractivity contribution >= 4 is 12.1 Å². The lowest BCUT2D eigenvalue weighted by atomic mass is 9.95. The van der Waals surface area contributed by atoms with E-state index in [2.05, 4.69) is 6.58 Å². The number of fused-ring (bicyclic) bond motifs is 1. The summed E-state index contributed by atoms with van der Waals surface area (Å²) >= 11 is 0. The van der Waals surface area contributed by atoms with Crippen LogP contribution in [0.4, 0.5) is 18.0 Å². The van der Waals surface area contributed by atoms with E-state index in [9.17, 15) is 22.8 Å². The molecule has 1 aliphatic carbocycles. The number of esters is 1. The molecule has 0 spiro atoms. The number of hydrogen-bond acceptors (Lipinski definition) is 7. The Labute approximate surface area is 232 Å². The van der Waals surface area contributed by atoms with E-state index in [1.54, 1.807) is 17.0 Å². The minimum absolute atomic E-state index is 0.0868. The van der Waals surface area contributed by atoms with Crippen LogP contribution < -0.4 is 9.47 Å². The van der Waals surface area contributed by atoms with Crippen LogP contribution in [0.5, 0.6) is 11.5 Å². The first-order valence-electron chi connectivity index (χ1n) is 13.2. The highest BCUT2D eigenvalue weighted by Gasteiger charge is 2.38. The summed E-state index contributed by atoms with van der Waals surface area (Å²) < 4.78 is 63.9. The molecule has 2 atom stereocenters. The Balaban J connectivity index is 1.53. The number of nitrogens with zero attached hydrogens (tertiary/aromatic N) is 2. The summed E-state index contributed by atoms with van der Waals surface area (Å²) in [5.41, 5.74) is 1.72. The molecule has 1 aromatic carbocycles. The average molecular weight is 565 g/mol. The van der Waals surface area contributed by atoms with Crippen molar-refractivity contribution in [2.45, 2.75) is 44.4 Å². The summed E-state index contributed by atoms with van der Waals surface area (Å²) in [6, 6.07) is 5.42. The predicted octanol–water partition coefficient (Wildman–Crippen LogP) is 5.01. The topological polar surface area (TPSA) is 77.5 Å². The van der Waals surface area contributed by atoms with Crippen molar-refractivity contribution in [3.05, 3.63) is 58.7 Å². The summed E-state index contributed by atoms with van der Waals surface area (Å²) in [5.74, 6) is 0.766. The van der Waals surface area contributed by atoms with E-state index in [4.69, 9.17) is 18.9 Å². The maximum absolute atomic E-state index is 14.1. The zero-order valence-corrected chi connectivity index (χ0v) is 23.0. The Bertz CT molecular complexity index is 1200. The molecule has 1 fully saturated rings. The number of methoxy groups -OCH3 is 2. The molecule has 1 amide bonds. The van der Waals surface area contributed by atoms with Gasteiger partial charge in [-0.2, -0.15) is 13.2 Å². The fourth-order valence-corrected chi connectivity index (χ4v) is 5.56. The molecule has 11 heteroatoms. The smallest absolute Gasteiger partial charge is 0.416 e. The number of carbonyl (C=O) groups is 2. The number of allylic oxidation sites excluding steroid dienone is 2. The molecule has 0 bridgehead atoms. The molecule has 2 unspecified atom stereocenters. The van der Waals surface area contributed by atoms with Gasteiger partial charge in [0.25, 0.3) is 0 Å². The highest BCUT2D eigenvalue weighted by molar-refractivity contribution is 5.71. The lowest BCUT2D eigenvalue weighted by Gasteiger charge is -2.35. The number of ether oxygens (including phenoxy) is 4. The third-order valence-corrected chi connectivity index (χ3v) is 7.79. The van der Waals surface area contributed by atoms with Gasteiger partial charge in [-0.25, -0.2) is 4.79 Å². The van der Waals surface area contributed by atoms with Gasteiger partial charge in [0, 0.05) is 50.3 Å². The number of rotatable bonds is 8. The van der Waals surface area contributed by atoms with Crippen molar-refractivity contribution in [2.75, 3.05) is 53.6 Å². The molecule has 218 valence electrons. The standard InChI is InChI=1S/C29H35F3N2O6/c1-5-24(29(30,31)32)23(16-33-10-12-34(13-11-33)28(36)38-4)21-8-9-25(18(21)2)40-20-6-7-22-19(14-27(35)37-3)17-39-26(22)15-20/h5-7,15,19,25H,1,8-14,16-17H2,2-4H3. The van der Waals surface area contributed by atoms with Crippen LogP contribution in [0.3, 0.4) is 0 Å². The van der Waals surface area contributed by atoms with Crippen LogP contribution in [0.1, 0.15) is 37.7 Å². The minimum Gasteiger partial charge on any atom is -0.492 e. The van der Waals surface area contributed by atoms with Gasteiger partial charge in [-0.15, -0.1) is 0 Å². The van der Waals surface area contributed by atoms with Crippen LogP contribution in [0, 0.1) is 0 Å². The number of alkyl halides is 3. The quantitative estimate of drug-likeness (QED) is 0.325. The van der Waals surface area contributed by atoms with Crippen LogP contribution in [-0.4, -0.2) is 87.7 Å². The van der Waals surface area contributed by atoms with Crippen LogP contribution in [0.25, 0.3) is 0 Å². The molecule has 1 saturated heterocycles. The third kappa shape index (κ3) is 6.46. The van der Waals surface area contributed by atoms with Gasteiger partial charge >= 0.3 is 18.2 Å². The van der Waals surface area contributed by atoms with E-state index in [-0.39, 0.29) is 30.4 Å². The Morgan fingerprint density at radius 3 is 2.50 bits per heavy atom. The summed E-state index contributed by atoms with van der Waals surface area (Å²) in [5, 5.41) is 0. The van der Waals surface area contributed by atoms with E-state index in [1.807, 2.05) is 17.9 Å². The van der Waals surface area contributed by atoms with Crippen LogP contribution in [-0.2, 0) is 14.3 Å². The Kier molecular flexibility index (Phi) is 9.12. The monoisotopic (exact) mass is 564 g/mol. The number of piperazine rings is 1. The normalized spacial score (nSPS) is 21.9. The zero-order chi connectivity index (χ0) is 29.0. The van der Waals surface area contributed by atoms with Crippen molar-refractivity contribution in [1.29, 1.82) is 0 Å². The Morgan fingerprint density at radius 2 is 1.88 bits per heavy atom. The van der Waals surface area contributed by atoms with Gasteiger partial charge in [0.05, 0.1) is 32.8 Å². The molecule has 3 aliphatic rings. The summed E-state index contributed by atoms with van der Waals surface area (Å²) in [6.07, 6.45) is -3.33. The van der Waals surface area contributed by atoms with Gasteiger partial charge in [0.1, 0.15) is 17.6 Å². The molecular weight excluding hydrogens is 529 g/mol. The first kappa shape index (κ1) is 29.5. The van der Waals surface area contributed by atoms with Gasteiger partial charge in [-0.3, -0.25) is 9.69 Å². The van der Waals surface area contributed by atoms with Crippen LogP contribution >= 0.6 is 0 Å². The van der Waals surface area contributed by atoms with Crippen molar-refractivity contribution in [3.8, 4) is 11.5 Å². The molecule has 2 aliphatic heterocycles. The van der Waals surface area contributed by atoms with Crippen molar-refractivity contribution in [3.63, 3.8) is 0 Å². The summed E-state index contributed by atoms with van der Waals surface area (Å²) in [7, 11) is 2.65. The number of amides is 1. The molecule has 40 heavy (non-hydrogen) atoms. The number of carbonyl (C=O) groups excluding carboxylic acids is 2. The SMILES string of the molecule is C=CC(=C(CN1CCN(C(=O)OC)CC1)C1=C(C)C(Oc2ccc3c(c2)OCC3CC(=O)OC)CC1)C(F)(F)F. The largest absolute Gasteiger partial charge is 0.492 e. The Morgan fingerprint density at radius 1 is 1.15 bits per heavy atom. The molecule has 2 heterocycles. The first-order valence-corrected chi connectivity index (χ1v) is 13.2. The molecule has 0 aromatic heterocycles. The van der Waals surface area contributed by atoms with Gasteiger partial charge < -0.3 is 23.8 Å². The molecule has 4 rings (SSSR count). The first-order chi connectivity index (χ1) is 19.0. The second-order valence-electron chi connectivity index (χ2n) is 10.1. The third-order valence-electron chi connectivity index (χ3n) is 7.79. The maximum atomic E-state index is 14.1. The maximum Gasteiger partial charge on any atom is 0.416 e. The van der Waals surface area contributed by atoms with E-state index >= 15 is 0 Å². The molecule has 8 nitrogen and oxygen atoms in total. The highest BCUT2D eigenvalue weighted by Crippen LogP contribution is 2.42. The van der Waals surface area contributed by atoms with Crippen molar-refractivity contribution in [2.24, 2.45) is 0 Å². The van der Waals surface area contributed by atoms with E-state index in [1.165, 1.54) is 14.2 Å². The fourth-order valence-electron chi connectivity index (χ4n) is 5.56. The van der Waals surface area contributed by atoms with Gasteiger partial charge in [-0.05, 0) is 42.6 Å². The van der Waals surface area contributed by atoms with Gasteiger partial charge in [0.2, 0.25) is 0 Å². The zero-order valence-electron chi connectivity index (χ0n) is 23.0.